The summed E-state index contributed by atoms with van der Waals surface area (Å²) in [5.74, 6) is -11.4. The fourth-order valence-corrected chi connectivity index (χ4v) is 1.83. The second kappa shape index (κ2) is 4.96. The van der Waals surface area contributed by atoms with Crippen molar-refractivity contribution in [3.05, 3.63) is 24.3 Å². The molecule has 1 atom stereocenters. The molecule has 1 aliphatic carbocycles. The maximum atomic E-state index is 13.0. The van der Waals surface area contributed by atoms with Gasteiger partial charge in [0.2, 0.25) is 0 Å². The number of carbonyl (C=O) groups excluding carboxylic acids is 1. The zero-order valence-corrected chi connectivity index (χ0v) is 10.5. The summed E-state index contributed by atoms with van der Waals surface area (Å²) in [5.41, 5.74) is 0. The molecule has 0 N–H and O–H groups in total. The van der Waals surface area contributed by atoms with Crippen LogP contribution >= 0.6 is 0 Å². The van der Waals surface area contributed by atoms with Crippen molar-refractivity contribution in [1.29, 1.82) is 0 Å². The van der Waals surface area contributed by atoms with Crippen LogP contribution in [0.5, 0.6) is 11.5 Å². The van der Waals surface area contributed by atoms with E-state index in [1.165, 1.54) is 24.3 Å². The second-order valence-electron chi connectivity index (χ2n) is 4.41. The molecule has 7 heteroatoms. The summed E-state index contributed by atoms with van der Waals surface area (Å²) in [6.45, 7) is 2.23. The third kappa shape index (κ3) is 2.44. The molecule has 1 aromatic rings. The lowest BCUT2D eigenvalue weighted by atomic mass is 9.77. The Balaban J connectivity index is 1.99. The summed E-state index contributed by atoms with van der Waals surface area (Å²) in [4.78, 5) is 11.4. The Labute approximate surface area is 112 Å². The first-order valence-electron chi connectivity index (χ1n) is 5.98. The highest BCUT2D eigenvalue weighted by atomic mass is 19.3. The van der Waals surface area contributed by atoms with Gasteiger partial charge in [-0.1, -0.05) is 0 Å². The quantitative estimate of drug-likeness (QED) is 0.485. The van der Waals surface area contributed by atoms with Crippen LogP contribution in [0.25, 0.3) is 0 Å². The third-order valence-corrected chi connectivity index (χ3v) is 3.02. The number of alkyl halides is 4. The molecule has 1 saturated carbocycles. The van der Waals surface area contributed by atoms with Crippen molar-refractivity contribution >= 4 is 5.97 Å². The fourth-order valence-electron chi connectivity index (χ4n) is 1.83. The van der Waals surface area contributed by atoms with Crippen LogP contribution in [0.4, 0.5) is 17.6 Å². The minimum absolute atomic E-state index is 0.00414. The van der Waals surface area contributed by atoms with Gasteiger partial charge in [0.15, 0.2) is 0 Å². The number of rotatable bonds is 4. The normalized spacial score (nSPS) is 22.8. The molecule has 0 saturated heterocycles. The molecule has 110 valence electrons. The summed E-state index contributed by atoms with van der Waals surface area (Å²) < 4.78 is 61.1. The lowest BCUT2D eigenvalue weighted by Crippen LogP contribution is -2.62. The SMILES string of the molecule is CCOc1ccc(OC(=O)C2CC(F)(F)C2(F)F)cc1. The molecule has 0 heterocycles. The van der Waals surface area contributed by atoms with Crippen LogP contribution in [-0.4, -0.2) is 24.4 Å². The van der Waals surface area contributed by atoms with Crippen LogP contribution in [0.3, 0.4) is 0 Å². The predicted octanol–water partition coefficient (Wildman–Crippen LogP) is 3.28. The number of hydrogen-bond donors (Lipinski definition) is 0. The highest BCUT2D eigenvalue weighted by molar-refractivity contribution is 5.78. The Kier molecular flexibility index (Phi) is 3.62. The Morgan fingerprint density at radius 3 is 2.20 bits per heavy atom. The van der Waals surface area contributed by atoms with Crippen LogP contribution in [0.15, 0.2) is 24.3 Å². The van der Waals surface area contributed by atoms with Gasteiger partial charge in [-0.3, -0.25) is 4.79 Å². The second-order valence-corrected chi connectivity index (χ2v) is 4.41. The maximum Gasteiger partial charge on any atom is 0.323 e. The average Bonchev–Trinajstić information content (AvgIpc) is 2.38. The van der Waals surface area contributed by atoms with Crippen molar-refractivity contribution in [3.8, 4) is 11.5 Å². The largest absolute Gasteiger partial charge is 0.494 e. The Morgan fingerprint density at radius 1 is 1.20 bits per heavy atom. The predicted molar refractivity (Wildman–Crippen MR) is 61.2 cm³/mol. The van der Waals surface area contributed by atoms with Gasteiger partial charge < -0.3 is 9.47 Å². The molecule has 0 bridgehead atoms. The molecule has 3 nitrogen and oxygen atoms in total. The average molecular weight is 292 g/mol. The van der Waals surface area contributed by atoms with E-state index in [-0.39, 0.29) is 5.75 Å². The number of hydrogen-bond acceptors (Lipinski definition) is 3. The number of benzene rings is 1. The molecule has 0 amide bonds. The lowest BCUT2D eigenvalue weighted by molar-refractivity contribution is -0.308. The van der Waals surface area contributed by atoms with Crippen molar-refractivity contribution in [2.24, 2.45) is 5.92 Å². The van der Waals surface area contributed by atoms with Crippen molar-refractivity contribution in [1.82, 2.24) is 0 Å². The molecule has 0 aromatic heterocycles. The summed E-state index contributed by atoms with van der Waals surface area (Å²) in [6.07, 6.45) is -1.20. The van der Waals surface area contributed by atoms with E-state index in [1.54, 1.807) is 6.92 Å². The van der Waals surface area contributed by atoms with E-state index in [0.29, 0.717) is 12.4 Å². The van der Waals surface area contributed by atoms with E-state index in [2.05, 4.69) is 4.74 Å². The molecule has 1 aliphatic rings. The molecular formula is C13H12F4O3. The first kappa shape index (κ1) is 14.6. The Morgan fingerprint density at radius 2 is 1.75 bits per heavy atom. The number of halogens is 4. The highest BCUT2D eigenvalue weighted by Crippen LogP contribution is 2.55. The number of esters is 1. The summed E-state index contributed by atoms with van der Waals surface area (Å²) >= 11 is 0. The van der Waals surface area contributed by atoms with E-state index in [4.69, 9.17) is 4.74 Å². The molecule has 1 unspecified atom stereocenters. The lowest BCUT2D eigenvalue weighted by Gasteiger charge is -2.41. The molecule has 2 rings (SSSR count). The molecule has 1 aromatic carbocycles. The van der Waals surface area contributed by atoms with Gasteiger partial charge in [0, 0.05) is 6.42 Å². The summed E-state index contributed by atoms with van der Waals surface area (Å²) in [5, 5.41) is 0. The van der Waals surface area contributed by atoms with Gasteiger partial charge in [0.1, 0.15) is 17.4 Å². The van der Waals surface area contributed by atoms with Gasteiger partial charge in [-0.15, -0.1) is 0 Å². The summed E-state index contributed by atoms with van der Waals surface area (Å²) in [7, 11) is 0. The van der Waals surface area contributed by atoms with Gasteiger partial charge in [-0.05, 0) is 31.2 Å². The zero-order valence-electron chi connectivity index (χ0n) is 10.5. The molecule has 0 aliphatic heterocycles. The Hall–Kier alpha value is -1.79. The van der Waals surface area contributed by atoms with E-state index >= 15 is 0 Å². The van der Waals surface area contributed by atoms with Crippen molar-refractivity contribution < 1.29 is 31.8 Å². The first-order valence-corrected chi connectivity index (χ1v) is 5.98. The third-order valence-electron chi connectivity index (χ3n) is 3.02. The highest BCUT2D eigenvalue weighted by Gasteiger charge is 2.74. The van der Waals surface area contributed by atoms with Crippen LogP contribution in [0.2, 0.25) is 0 Å². The van der Waals surface area contributed by atoms with Crippen molar-refractivity contribution in [2.75, 3.05) is 6.61 Å². The topological polar surface area (TPSA) is 35.5 Å². The van der Waals surface area contributed by atoms with E-state index < -0.39 is 30.2 Å². The Bertz CT molecular complexity index is 499. The maximum absolute atomic E-state index is 13.0. The molecular weight excluding hydrogens is 280 g/mol. The van der Waals surface area contributed by atoms with Crippen LogP contribution < -0.4 is 9.47 Å². The standard InChI is InChI=1S/C13H12F4O3/c1-2-19-8-3-5-9(6-4-8)20-11(18)10-7-12(14,15)13(10,16)17/h3-6,10H,2,7H2,1H3. The van der Waals surface area contributed by atoms with Gasteiger partial charge in [-0.2, -0.15) is 17.6 Å². The fraction of sp³-hybridized carbons (Fsp3) is 0.462. The zero-order chi connectivity index (χ0) is 15.0. The molecule has 1 fully saturated rings. The smallest absolute Gasteiger partial charge is 0.323 e. The molecule has 20 heavy (non-hydrogen) atoms. The van der Waals surface area contributed by atoms with E-state index in [9.17, 15) is 22.4 Å². The monoisotopic (exact) mass is 292 g/mol. The van der Waals surface area contributed by atoms with Crippen molar-refractivity contribution in [3.63, 3.8) is 0 Å². The molecule has 0 spiro atoms. The van der Waals surface area contributed by atoms with Gasteiger partial charge >= 0.3 is 17.8 Å². The molecule has 0 radical (unpaired) electrons. The van der Waals surface area contributed by atoms with Gasteiger partial charge in [0.05, 0.1) is 6.61 Å². The minimum atomic E-state index is -4.35. The van der Waals surface area contributed by atoms with Gasteiger partial charge in [0.25, 0.3) is 0 Å². The van der Waals surface area contributed by atoms with Crippen LogP contribution in [0, 0.1) is 5.92 Å². The summed E-state index contributed by atoms with van der Waals surface area (Å²) in [6, 6.07) is 5.66. The van der Waals surface area contributed by atoms with Crippen molar-refractivity contribution in [2.45, 2.75) is 25.2 Å². The van der Waals surface area contributed by atoms with Gasteiger partial charge in [-0.25, -0.2) is 0 Å². The van der Waals surface area contributed by atoms with E-state index in [0.717, 1.165) is 0 Å². The van der Waals surface area contributed by atoms with E-state index in [1.807, 2.05) is 0 Å². The first-order chi connectivity index (χ1) is 9.28. The number of ether oxygens (including phenoxy) is 2. The van der Waals surface area contributed by atoms with Crippen LogP contribution in [0.1, 0.15) is 13.3 Å². The minimum Gasteiger partial charge on any atom is -0.494 e. The van der Waals surface area contributed by atoms with Crippen LogP contribution in [-0.2, 0) is 4.79 Å². The number of carbonyl (C=O) groups is 1.